The van der Waals surface area contributed by atoms with Gasteiger partial charge in [0, 0.05) is 50.7 Å². The normalized spacial score (nSPS) is 23.0. The molecule has 3 aliphatic rings. The van der Waals surface area contributed by atoms with E-state index in [1.165, 1.54) is 12.1 Å². The van der Waals surface area contributed by atoms with Gasteiger partial charge in [-0.2, -0.15) is 13.2 Å². The molecule has 2 saturated heterocycles. The molecule has 0 bridgehead atoms. The minimum atomic E-state index is -4.44. The number of benzene rings is 1. The maximum absolute atomic E-state index is 12.9. The van der Waals surface area contributed by atoms with Crippen LogP contribution >= 0.6 is 0 Å². The molecule has 3 amide bonds. The molecular formula is C22H26F3N3O3. The number of carbonyl (C=O) groups excluding carboxylic acids is 3. The zero-order valence-electron chi connectivity index (χ0n) is 17.2. The molecule has 1 saturated carbocycles. The van der Waals surface area contributed by atoms with Gasteiger partial charge in [-0.15, -0.1) is 0 Å². The van der Waals surface area contributed by atoms with Gasteiger partial charge in [0.05, 0.1) is 11.5 Å². The van der Waals surface area contributed by atoms with Crippen molar-refractivity contribution in [2.24, 2.45) is 5.92 Å². The number of hydrogen-bond donors (Lipinski definition) is 0. The van der Waals surface area contributed by atoms with E-state index in [0.717, 1.165) is 37.8 Å². The Bertz CT molecular complexity index is 842. The van der Waals surface area contributed by atoms with Crippen molar-refractivity contribution in [3.63, 3.8) is 0 Å². The number of carbonyl (C=O) groups is 3. The minimum Gasteiger partial charge on any atom is -0.339 e. The van der Waals surface area contributed by atoms with Crippen LogP contribution in [0.4, 0.5) is 13.2 Å². The van der Waals surface area contributed by atoms with Gasteiger partial charge in [0.2, 0.25) is 11.8 Å². The summed E-state index contributed by atoms with van der Waals surface area (Å²) in [5, 5.41) is 0. The molecule has 168 valence electrons. The summed E-state index contributed by atoms with van der Waals surface area (Å²) in [5.41, 5.74) is -0.599. The Balaban J connectivity index is 1.30. The number of likely N-dealkylation sites (tertiary alicyclic amines) is 1. The number of hydrogen-bond acceptors (Lipinski definition) is 3. The van der Waals surface area contributed by atoms with Crippen LogP contribution in [0.5, 0.6) is 0 Å². The highest BCUT2D eigenvalue weighted by molar-refractivity contribution is 5.94. The second-order valence-electron chi connectivity index (χ2n) is 8.58. The highest BCUT2D eigenvalue weighted by atomic mass is 19.4. The van der Waals surface area contributed by atoms with Gasteiger partial charge in [-0.3, -0.25) is 14.4 Å². The van der Waals surface area contributed by atoms with E-state index in [0.29, 0.717) is 32.7 Å². The predicted octanol–water partition coefficient (Wildman–Crippen LogP) is 2.78. The smallest absolute Gasteiger partial charge is 0.339 e. The molecule has 0 radical (unpaired) electrons. The third kappa shape index (κ3) is 4.55. The van der Waals surface area contributed by atoms with E-state index in [-0.39, 0.29) is 41.7 Å². The van der Waals surface area contributed by atoms with Crippen molar-refractivity contribution in [2.75, 3.05) is 32.7 Å². The third-order valence-corrected chi connectivity index (χ3v) is 6.61. The molecule has 2 aliphatic heterocycles. The quantitative estimate of drug-likeness (QED) is 0.731. The largest absolute Gasteiger partial charge is 0.416 e. The standard InChI is InChI=1S/C22H26F3N3O3/c23-22(24,25)17-7-5-15(6-8-17)20(30)26-9-11-27(12-10-26)21(31)16-13-19(29)28(14-16)18-3-1-2-4-18/h5-8,16,18H,1-4,9-14H2. The monoisotopic (exact) mass is 437 g/mol. The Hall–Kier alpha value is -2.58. The van der Waals surface area contributed by atoms with Crippen LogP contribution in [0.25, 0.3) is 0 Å². The first-order valence-corrected chi connectivity index (χ1v) is 10.8. The molecule has 3 fully saturated rings. The molecule has 0 spiro atoms. The van der Waals surface area contributed by atoms with Gasteiger partial charge in [0.1, 0.15) is 0 Å². The van der Waals surface area contributed by atoms with Crippen molar-refractivity contribution in [3.8, 4) is 0 Å². The van der Waals surface area contributed by atoms with Crippen molar-refractivity contribution in [3.05, 3.63) is 35.4 Å². The van der Waals surface area contributed by atoms with Crippen LogP contribution in [0.2, 0.25) is 0 Å². The lowest BCUT2D eigenvalue weighted by Gasteiger charge is -2.36. The van der Waals surface area contributed by atoms with Crippen LogP contribution in [-0.4, -0.2) is 71.2 Å². The topological polar surface area (TPSA) is 60.9 Å². The van der Waals surface area contributed by atoms with Gasteiger partial charge in [-0.05, 0) is 37.1 Å². The van der Waals surface area contributed by atoms with E-state index < -0.39 is 11.7 Å². The van der Waals surface area contributed by atoms with Gasteiger partial charge >= 0.3 is 6.18 Å². The molecular weight excluding hydrogens is 411 g/mol. The summed E-state index contributed by atoms with van der Waals surface area (Å²) < 4.78 is 38.1. The Morgan fingerprint density at radius 1 is 0.903 bits per heavy atom. The number of nitrogens with zero attached hydrogens (tertiary/aromatic N) is 3. The Morgan fingerprint density at radius 2 is 1.48 bits per heavy atom. The molecule has 0 N–H and O–H groups in total. The molecule has 4 rings (SSSR count). The Labute approximate surface area is 179 Å². The maximum Gasteiger partial charge on any atom is 0.416 e. The van der Waals surface area contributed by atoms with Gasteiger partial charge in [-0.1, -0.05) is 12.8 Å². The first kappa shape index (κ1) is 21.6. The van der Waals surface area contributed by atoms with Gasteiger partial charge in [0.25, 0.3) is 5.91 Å². The molecule has 1 aromatic rings. The number of piperazine rings is 1. The van der Waals surface area contributed by atoms with Crippen molar-refractivity contribution in [1.29, 1.82) is 0 Å². The SMILES string of the molecule is O=C(c1ccc(C(F)(F)F)cc1)N1CCN(C(=O)C2CC(=O)N(C3CCCC3)C2)CC1. The summed E-state index contributed by atoms with van der Waals surface area (Å²) in [6.07, 6.45) is 0.0846. The molecule has 1 atom stereocenters. The average Bonchev–Trinajstić information content (AvgIpc) is 3.42. The summed E-state index contributed by atoms with van der Waals surface area (Å²) in [5.74, 6) is -0.661. The number of halogens is 3. The molecule has 1 aromatic carbocycles. The molecule has 0 aromatic heterocycles. The average molecular weight is 437 g/mol. The van der Waals surface area contributed by atoms with E-state index in [1.54, 1.807) is 9.80 Å². The van der Waals surface area contributed by atoms with E-state index in [1.807, 2.05) is 4.90 Å². The fraction of sp³-hybridized carbons (Fsp3) is 0.591. The molecule has 31 heavy (non-hydrogen) atoms. The van der Waals surface area contributed by atoms with Crippen LogP contribution in [0.1, 0.15) is 48.0 Å². The van der Waals surface area contributed by atoms with E-state index >= 15 is 0 Å². The Kier molecular flexibility index (Phi) is 5.94. The summed E-state index contributed by atoms with van der Waals surface area (Å²) in [7, 11) is 0. The molecule has 6 nitrogen and oxygen atoms in total. The second-order valence-corrected chi connectivity index (χ2v) is 8.58. The van der Waals surface area contributed by atoms with Crippen LogP contribution in [0.15, 0.2) is 24.3 Å². The zero-order valence-corrected chi connectivity index (χ0v) is 17.2. The summed E-state index contributed by atoms with van der Waals surface area (Å²) in [6, 6.07) is 4.44. The first-order valence-electron chi connectivity index (χ1n) is 10.8. The Morgan fingerprint density at radius 3 is 2.06 bits per heavy atom. The predicted molar refractivity (Wildman–Crippen MR) is 106 cm³/mol. The lowest BCUT2D eigenvalue weighted by atomic mass is 10.1. The lowest BCUT2D eigenvalue weighted by molar-refractivity contribution is -0.138. The highest BCUT2D eigenvalue weighted by Gasteiger charge is 2.40. The second kappa shape index (κ2) is 8.51. The summed E-state index contributed by atoms with van der Waals surface area (Å²) >= 11 is 0. The van der Waals surface area contributed by atoms with Gasteiger partial charge in [-0.25, -0.2) is 0 Å². The number of rotatable bonds is 3. The van der Waals surface area contributed by atoms with Crippen LogP contribution in [0.3, 0.4) is 0 Å². The van der Waals surface area contributed by atoms with Crippen molar-refractivity contribution in [1.82, 2.24) is 14.7 Å². The van der Waals surface area contributed by atoms with Gasteiger partial charge in [0.15, 0.2) is 0 Å². The molecule has 2 heterocycles. The summed E-state index contributed by atoms with van der Waals surface area (Å²) in [4.78, 5) is 43.0. The van der Waals surface area contributed by atoms with Crippen LogP contribution in [-0.2, 0) is 15.8 Å². The van der Waals surface area contributed by atoms with Crippen molar-refractivity contribution in [2.45, 2.75) is 44.3 Å². The fourth-order valence-electron chi connectivity index (χ4n) is 4.84. The van der Waals surface area contributed by atoms with E-state index in [9.17, 15) is 27.6 Å². The van der Waals surface area contributed by atoms with Gasteiger partial charge < -0.3 is 14.7 Å². The fourth-order valence-corrected chi connectivity index (χ4v) is 4.84. The van der Waals surface area contributed by atoms with Crippen LogP contribution < -0.4 is 0 Å². The maximum atomic E-state index is 12.9. The van der Waals surface area contributed by atoms with Crippen molar-refractivity contribution >= 4 is 17.7 Å². The molecule has 9 heteroatoms. The molecule has 1 aliphatic carbocycles. The van der Waals surface area contributed by atoms with Crippen molar-refractivity contribution < 1.29 is 27.6 Å². The lowest BCUT2D eigenvalue weighted by Crippen LogP contribution is -2.52. The minimum absolute atomic E-state index is 0.0459. The van der Waals surface area contributed by atoms with E-state index in [2.05, 4.69) is 0 Å². The number of amides is 3. The third-order valence-electron chi connectivity index (χ3n) is 6.61. The number of alkyl halides is 3. The highest BCUT2D eigenvalue weighted by Crippen LogP contribution is 2.31. The molecule has 1 unspecified atom stereocenters. The van der Waals surface area contributed by atoms with Crippen LogP contribution in [0, 0.1) is 5.92 Å². The zero-order chi connectivity index (χ0) is 22.2. The first-order chi connectivity index (χ1) is 14.7. The summed E-state index contributed by atoms with van der Waals surface area (Å²) in [6.45, 7) is 1.84. The van der Waals surface area contributed by atoms with E-state index in [4.69, 9.17) is 0 Å².